The van der Waals surface area contributed by atoms with E-state index in [9.17, 15) is 22.8 Å². The van der Waals surface area contributed by atoms with Crippen LogP contribution >= 0.6 is 0 Å². The summed E-state index contributed by atoms with van der Waals surface area (Å²) in [5, 5.41) is 2.26. The van der Waals surface area contributed by atoms with Crippen LogP contribution in [0.2, 0.25) is 0 Å². The molecule has 2 N–H and O–H groups in total. The number of nitrogens with one attached hydrogen (secondary N) is 2. The fourth-order valence-corrected chi connectivity index (χ4v) is 4.46. The Labute approximate surface area is 209 Å². The van der Waals surface area contributed by atoms with Gasteiger partial charge in [0.1, 0.15) is 25.3 Å². The van der Waals surface area contributed by atoms with Gasteiger partial charge in [0.25, 0.3) is 0 Å². The molecule has 0 aliphatic rings. The maximum Gasteiger partial charge on any atom is 0.408 e. The number of esters is 1. The summed E-state index contributed by atoms with van der Waals surface area (Å²) in [6.07, 6.45) is 0.632. The maximum atomic E-state index is 12.8. The normalized spacial score (nSPS) is 12.7. The van der Waals surface area contributed by atoms with Crippen molar-refractivity contribution >= 4 is 28.4 Å². The topological polar surface area (TPSA) is 128 Å². The lowest BCUT2D eigenvalue weighted by Gasteiger charge is -2.19. The van der Waals surface area contributed by atoms with E-state index in [1.165, 1.54) is 0 Å². The SMILES string of the molecule is O=[C]C(NS(=O)(=O)CC(NC(=O)OCc1ccccc1)C(=O)OCc1ccccc1)c1ccccc1. The first-order valence-electron chi connectivity index (χ1n) is 11.0. The van der Waals surface area contributed by atoms with Crippen molar-refractivity contribution < 1.29 is 32.3 Å². The van der Waals surface area contributed by atoms with Gasteiger partial charge in [0.2, 0.25) is 16.3 Å². The number of benzene rings is 3. The predicted octanol–water partition coefficient (Wildman–Crippen LogP) is 2.80. The first kappa shape index (κ1) is 26.6. The number of rotatable bonds is 12. The number of alkyl carbamates (subject to hydrolysis) is 1. The second kappa shape index (κ2) is 13.2. The molecule has 1 amide bonds. The molecule has 10 heteroatoms. The molecular formula is C26H25N2O7S. The van der Waals surface area contributed by atoms with Crippen LogP contribution in [-0.2, 0) is 42.3 Å². The molecule has 3 aromatic carbocycles. The van der Waals surface area contributed by atoms with E-state index in [1.54, 1.807) is 97.3 Å². The molecule has 1 radical (unpaired) electrons. The van der Waals surface area contributed by atoms with Gasteiger partial charge in [-0.15, -0.1) is 0 Å². The molecule has 0 aliphatic heterocycles. The maximum absolute atomic E-state index is 12.8. The molecule has 9 nitrogen and oxygen atoms in total. The molecule has 3 aromatic rings. The van der Waals surface area contributed by atoms with Crippen LogP contribution in [0.25, 0.3) is 0 Å². The van der Waals surface area contributed by atoms with Gasteiger partial charge in [-0.2, -0.15) is 4.72 Å². The Kier molecular flexibility index (Phi) is 9.73. The number of carbonyl (C=O) groups excluding carboxylic acids is 3. The van der Waals surface area contributed by atoms with Crippen molar-refractivity contribution in [3.63, 3.8) is 0 Å². The van der Waals surface area contributed by atoms with Crippen LogP contribution < -0.4 is 10.0 Å². The van der Waals surface area contributed by atoms with E-state index >= 15 is 0 Å². The van der Waals surface area contributed by atoms with Gasteiger partial charge in [0, 0.05) is 0 Å². The molecule has 187 valence electrons. The van der Waals surface area contributed by atoms with Crippen LogP contribution in [-0.4, -0.2) is 38.6 Å². The first-order chi connectivity index (χ1) is 17.4. The van der Waals surface area contributed by atoms with Crippen molar-refractivity contribution in [2.45, 2.75) is 25.3 Å². The van der Waals surface area contributed by atoms with Gasteiger partial charge < -0.3 is 14.8 Å². The number of hydrogen-bond donors (Lipinski definition) is 2. The smallest absolute Gasteiger partial charge is 0.408 e. The molecule has 0 saturated heterocycles. The van der Waals surface area contributed by atoms with Crippen LogP contribution in [0.1, 0.15) is 22.7 Å². The number of sulfonamides is 1. The number of hydrogen-bond acceptors (Lipinski definition) is 7. The third kappa shape index (κ3) is 8.64. The fourth-order valence-electron chi connectivity index (χ4n) is 3.16. The molecule has 0 saturated carbocycles. The zero-order valence-electron chi connectivity index (χ0n) is 19.2. The molecular weight excluding hydrogens is 484 g/mol. The molecule has 0 aliphatic carbocycles. The second-order valence-corrected chi connectivity index (χ2v) is 9.51. The van der Waals surface area contributed by atoms with Crippen molar-refractivity contribution in [2.24, 2.45) is 0 Å². The average molecular weight is 510 g/mol. The monoisotopic (exact) mass is 509 g/mol. The largest absolute Gasteiger partial charge is 0.459 e. The van der Waals surface area contributed by atoms with Gasteiger partial charge in [-0.25, -0.2) is 18.0 Å². The van der Waals surface area contributed by atoms with Crippen LogP contribution in [0.4, 0.5) is 4.79 Å². The fraction of sp³-hybridized carbons (Fsp3) is 0.192. The van der Waals surface area contributed by atoms with Crippen LogP contribution in [0.15, 0.2) is 91.0 Å². The third-order valence-electron chi connectivity index (χ3n) is 4.95. The number of amides is 1. The quantitative estimate of drug-likeness (QED) is 0.359. The Bertz CT molecular complexity index is 1240. The van der Waals surface area contributed by atoms with Gasteiger partial charge in [-0.3, -0.25) is 4.79 Å². The minimum atomic E-state index is -4.26. The minimum Gasteiger partial charge on any atom is -0.459 e. The Balaban J connectivity index is 1.69. The molecule has 0 aromatic heterocycles. The summed E-state index contributed by atoms with van der Waals surface area (Å²) in [6, 6.07) is 22.8. The zero-order valence-corrected chi connectivity index (χ0v) is 20.0. The lowest BCUT2D eigenvalue weighted by molar-refractivity contribution is -0.146. The van der Waals surface area contributed by atoms with Crippen molar-refractivity contribution in [3.05, 3.63) is 108 Å². The molecule has 0 heterocycles. The highest BCUT2D eigenvalue weighted by Gasteiger charge is 2.31. The Morgan fingerprint density at radius 3 is 1.81 bits per heavy atom. The Hall–Kier alpha value is -4.02. The number of carbonyl (C=O) groups is 2. The van der Waals surface area contributed by atoms with Gasteiger partial charge in [-0.05, 0) is 16.7 Å². The summed E-state index contributed by atoms with van der Waals surface area (Å²) in [7, 11) is -4.26. The molecule has 2 atom stereocenters. The standard InChI is InChI=1S/C26H25N2O7S/c29-16-23(22-14-8-3-9-15-22)28-36(32,33)19-24(25(30)34-17-20-10-4-1-5-11-20)27-26(31)35-18-21-12-6-2-7-13-21/h1-15,23-24,28H,17-19H2,(H,27,31). The summed E-state index contributed by atoms with van der Waals surface area (Å²) in [5.41, 5.74) is 1.75. The van der Waals surface area contributed by atoms with Crippen molar-refractivity contribution in [3.8, 4) is 0 Å². The molecule has 36 heavy (non-hydrogen) atoms. The van der Waals surface area contributed by atoms with Gasteiger partial charge in [0.15, 0.2) is 0 Å². The van der Waals surface area contributed by atoms with E-state index in [4.69, 9.17) is 9.47 Å². The van der Waals surface area contributed by atoms with Crippen LogP contribution in [0, 0.1) is 0 Å². The highest BCUT2D eigenvalue weighted by atomic mass is 32.2. The molecule has 2 unspecified atom stereocenters. The average Bonchev–Trinajstić information content (AvgIpc) is 2.90. The van der Waals surface area contributed by atoms with Gasteiger partial charge in [0.05, 0.1) is 5.75 Å². The van der Waals surface area contributed by atoms with Crippen molar-refractivity contribution in [1.82, 2.24) is 10.0 Å². The first-order valence-corrected chi connectivity index (χ1v) is 12.6. The second-order valence-electron chi connectivity index (χ2n) is 7.71. The van der Waals surface area contributed by atoms with Crippen molar-refractivity contribution in [1.29, 1.82) is 0 Å². The van der Waals surface area contributed by atoms with Crippen LogP contribution in [0.5, 0.6) is 0 Å². The Morgan fingerprint density at radius 2 is 1.28 bits per heavy atom. The highest BCUT2D eigenvalue weighted by molar-refractivity contribution is 7.89. The van der Waals surface area contributed by atoms with E-state index in [-0.39, 0.29) is 13.2 Å². The molecule has 0 bridgehead atoms. The van der Waals surface area contributed by atoms with Crippen molar-refractivity contribution in [2.75, 3.05) is 5.75 Å². The predicted molar refractivity (Wildman–Crippen MR) is 132 cm³/mol. The molecule has 0 spiro atoms. The minimum absolute atomic E-state index is 0.0837. The summed E-state index contributed by atoms with van der Waals surface area (Å²) < 4.78 is 38.2. The highest BCUT2D eigenvalue weighted by Crippen LogP contribution is 2.12. The number of ether oxygens (including phenoxy) is 2. The van der Waals surface area contributed by atoms with E-state index in [2.05, 4.69) is 10.0 Å². The third-order valence-corrected chi connectivity index (χ3v) is 6.31. The lowest BCUT2D eigenvalue weighted by Crippen LogP contribution is -2.49. The lowest BCUT2D eigenvalue weighted by atomic mass is 10.1. The summed E-state index contributed by atoms with van der Waals surface area (Å²) >= 11 is 0. The van der Waals surface area contributed by atoms with E-state index in [0.29, 0.717) is 16.7 Å². The van der Waals surface area contributed by atoms with E-state index in [0.717, 1.165) is 0 Å². The van der Waals surface area contributed by atoms with Crippen LogP contribution in [0.3, 0.4) is 0 Å². The molecule has 0 fully saturated rings. The summed E-state index contributed by atoms with van der Waals surface area (Å²) in [4.78, 5) is 36.6. The summed E-state index contributed by atoms with van der Waals surface area (Å²) in [6.45, 7) is -0.210. The van der Waals surface area contributed by atoms with E-state index in [1.807, 2.05) is 0 Å². The van der Waals surface area contributed by atoms with E-state index < -0.39 is 39.9 Å². The molecule has 3 rings (SSSR count). The summed E-state index contributed by atoms with van der Waals surface area (Å²) in [5.74, 6) is -1.86. The van der Waals surface area contributed by atoms with Gasteiger partial charge in [-0.1, -0.05) is 91.0 Å². The Morgan fingerprint density at radius 1 is 0.778 bits per heavy atom. The van der Waals surface area contributed by atoms with Gasteiger partial charge >= 0.3 is 12.1 Å². The zero-order chi connectivity index (χ0) is 25.8.